The first kappa shape index (κ1) is 14.2. The summed E-state index contributed by atoms with van der Waals surface area (Å²) in [6, 6.07) is -0.0868. The monoisotopic (exact) mass is 268 g/mol. The van der Waals surface area contributed by atoms with Crippen LogP contribution in [0, 0.1) is 11.8 Å². The number of amides is 2. The van der Waals surface area contributed by atoms with Crippen LogP contribution in [0.2, 0.25) is 0 Å². The molecule has 0 aromatic heterocycles. The van der Waals surface area contributed by atoms with Gasteiger partial charge in [-0.25, -0.2) is 9.59 Å². The molecule has 2 aliphatic rings. The predicted molar refractivity (Wildman–Crippen MR) is 71.9 cm³/mol. The Bertz CT molecular complexity index is 362. The first-order valence-corrected chi connectivity index (χ1v) is 7.29. The van der Waals surface area contributed by atoms with E-state index in [1.807, 2.05) is 0 Å². The average molecular weight is 268 g/mol. The van der Waals surface area contributed by atoms with Gasteiger partial charge in [0, 0.05) is 6.04 Å². The number of carbonyl (C=O) groups excluding carboxylic acids is 1. The molecule has 2 rings (SSSR count). The Hall–Kier alpha value is -1.26. The molecule has 0 aromatic carbocycles. The topological polar surface area (TPSA) is 78.4 Å². The maximum Gasteiger partial charge on any atom is 0.329 e. The molecular weight excluding hydrogens is 244 g/mol. The van der Waals surface area contributed by atoms with E-state index in [-0.39, 0.29) is 12.1 Å². The normalized spacial score (nSPS) is 37.5. The highest BCUT2D eigenvalue weighted by atomic mass is 16.4. The Morgan fingerprint density at radius 1 is 1.32 bits per heavy atom. The number of carbonyl (C=O) groups is 2. The largest absolute Gasteiger partial charge is 0.480 e. The van der Waals surface area contributed by atoms with Crippen molar-refractivity contribution < 1.29 is 14.7 Å². The summed E-state index contributed by atoms with van der Waals surface area (Å²) in [4.78, 5) is 23.4. The van der Waals surface area contributed by atoms with Gasteiger partial charge in [-0.15, -0.1) is 0 Å². The first-order valence-electron chi connectivity index (χ1n) is 7.29. The fourth-order valence-electron chi connectivity index (χ4n) is 2.94. The highest BCUT2D eigenvalue weighted by Gasteiger charge is 2.44. The average Bonchev–Trinajstić information content (AvgIpc) is 3.10. The first-order chi connectivity index (χ1) is 8.97. The molecule has 3 N–H and O–H groups in total. The minimum absolute atomic E-state index is 0.235. The molecule has 0 saturated heterocycles. The van der Waals surface area contributed by atoms with Crippen LogP contribution in [0.1, 0.15) is 52.4 Å². The number of carboxylic acids is 1. The minimum Gasteiger partial charge on any atom is -0.480 e. The van der Waals surface area contributed by atoms with E-state index in [1.54, 1.807) is 0 Å². The minimum atomic E-state index is -1.06. The molecule has 2 amide bonds. The highest BCUT2D eigenvalue weighted by Crippen LogP contribution is 2.34. The van der Waals surface area contributed by atoms with Crippen molar-refractivity contribution in [3.05, 3.63) is 0 Å². The number of rotatable bonds is 4. The van der Waals surface area contributed by atoms with Gasteiger partial charge in [-0.05, 0) is 43.9 Å². The summed E-state index contributed by atoms with van der Waals surface area (Å²) < 4.78 is 0. The second kappa shape index (κ2) is 5.39. The van der Waals surface area contributed by atoms with Gasteiger partial charge in [-0.1, -0.05) is 20.3 Å². The molecular formula is C14H24N2O3. The summed E-state index contributed by atoms with van der Waals surface area (Å²) in [6.07, 6.45) is 4.84. The van der Waals surface area contributed by atoms with E-state index in [1.165, 1.54) is 0 Å². The van der Waals surface area contributed by atoms with Crippen molar-refractivity contribution in [3.8, 4) is 0 Å². The molecule has 2 saturated carbocycles. The fraction of sp³-hybridized carbons (Fsp3) is 0.857. The number of carboxylic acid groups (broad SMARTS) is 1. The molecule has 0 heterocycles. The van der Waals surface area contributed by atoms with Gasteiger partial charge in [0.05, 0.1) is 0 Å². The van der Waals surface area contributed by atoms with E-state index >= 15 is 0 Å². The lowest BCUT2D eigenvalue weighted by atomic mass is 9.77. The van der Waals surface area contributed by atoms with E-state index < -0.39 is 11.5 Å². The second-order valence-electron chi connectivity index (χ2n) is 6.18. The van der Waals surface area contributed by atoms with Gasteiger partial charge in [0.1, 0.15) is 5.54 Å². The molecule has 2 atom stereocenters. The molecule has 108 valence electrons. The second-order valence-corrected chi connectivity index (χ2v) is 6.18. The SMILES string of the molecule is CCC1CC1NC(=O)NC1(C(=O)O)CCC(C)CC1. The summed E-state index contributed by atoms with van der Waals surface area (Å²) >= 11 is 0. The van der Waals surface area contributed by atoms with Gasteiger partial charge in [0.25, 0.3) is 0 Å². The molecule has 2 aliphatic carbocycles. The summed E-state index contributed by atoms with van der Waals surface area (Å²) in [5.74, 6) is 0.209. The standard InChI is InChI=1S/C14H24N2O3/c1-3-10-8-11(10)15-13(19)16-14(12(17)18)6-4-9(2)5-7-14/h9-11H,3-8H2,1-2H3,(H,17,18)(H2,15,16,19). The summed E-state index contributed by atoms with van der Waals surface area (Å²) in [6.45, 7) is 4.23. The van der Waals surface area contributed by atoms with E-state index in [4.69, 9.17) is 0 Å². The molecule has 5 heteroatoms. The molecule has 5 nitrogen and oxygen atoms in total. The molecule has 0 aliphatic heterocycles. The maximum absolute atomic E-state index is 11.9. The third-order valence-corrected chi connectivity index (χ3v) is 4.65. The van der Waals surface area contributed by atoms with Gasteiger partial charge in [-0.3, -0.25) is 0 Å². The number of urea groups is 1. The molecule has 0 spiro atoms. The quantitative estimate of drug-likeness (QED) is 0.730. The van der Waals surface area contributed by atoms with Crippen molar-refractivity contribution in [2.75, 3.05) is 0 Å². The van der Waals surface area contributed by atoms with Gasteiger partial charge >= 0.3 is 12.0 Å². The van der Waals surface area contributed by atoms with Crippen LogP contribution in [0.3, 0.4) is 0 Å². The zero-order valence-corrected chi connectivity index (χ0v) is 11.7. The Morgan fingerprint density at radius 2 is 1.95 bits per heavy atom. The number of hydrogen-bond acceptors (Lipinski definition) is 2. The maximum atomic E-state index is 11.9. The van der Waals surface area contributed by atoms with Crippen molar-refractivity contribution >= 4 is 12.0 Å². The van der Waals surface area contributed by atoms with Crippen LogP contribution in [0.15, 0.2) is 0 Å². The van der Waals surface area contributed by atoms with Crippen molar-refractivity contribution in [1.29, 1.82) is 0 Å². The fourth-order valence-corrected chi connectivity index (χ4v) is 2.94. The number of aliphatic carboxylic acids is 1. The van der Waals surface area contributed by atoms with Crippen LogP contribution in [-0.4, -0.2) is 28.7 Å². The van der Waals surface area contributed by atoms with Gasteiger partial charge in [0.15, 0.2) is 0 Å². The lowest BCUT2D eigenvalue weighted by molar-refractivity contribution is -0.146. The van der Waals surface area contributed by atoms with Crippen LogP contribution < -0.4 is 10.6 Å². The summed E-state index contributed by atoms with van der Waals surface area (Å²) in [5, 5.41) is 15.0. The summed E-state index contributed by atoms with van der Waals surface area (Å²) in [5.41, 5.74) is -1.06. The number of nitrogens with one attached hydrogen (secondary N) is 2. The molecule has 19 heavy (non-hydrogen) atoms. The van der Waals surface area contributed by atoms with Crippen molar-refractivity contribution in [3.63, 3.8) is 0 Å². The van der Waals surface area contributed by atoms with Crippen LogP contribution in [0.25, 0.3) is 0 Å². The zero-order valence-electron chi connectivity index (χ0n) is 11.7. The van der Waals surface area contributed by atoms with Crippen molar-refractivity contribution in [2.45, 2.75) is 64.0 Å². The van der Waals surface area contributed by atoms with Crippen LogP contribution >= 0.6 is 0 Å². The van der Waals surface area contributed by atoms with Gasteiger partial charge in [0.2, 0.25) is 0 Å². The highest BCUT2D eigenvalue weighted by molar-refractivity contribution is 5.86. The molecule has 0 aromatic rings. The Labute approximate surface area is 114 Å². The Balaban J connectivity index is 1.90. The van der Waals surface area contributed by atoms with Crippen molar-refractivity contribution in [2.24, 2.45) is 11.8 Å². The third-order valence-electron chi connectivity index (χ3n) is 4.65. The third kappa shape index (κ3) is 3.19. The van der Waals surface area contributed by atoms with Gasteiger partial charge < -0.3 is 15.7 Å². The smallest absolute Gasteiger partial charge is 0.329 e. The van der Waals surface area contributed by atoms with Gasteiger partial charge in [-0.2, -0.15) is 0 Å². The molecule has 0 bridgehead atoms. The van der Waals surface area contributed by atoms with E-state index in [2.05, 4.69) is 24.5 Å². The van der Waals surface area contributed by atoms with Crippen LogP contribution in [0.4, 0.5) is 4.79 Å². The Morgan fingerprint density at radius 3 is 2.42 bits per heavy atom. The molecule has 0 radical (unpaired) electrons. The predicted octanol–water partition coefficient (Wildman–Crippen LogP) is 2.12. The Kier molecular flexibility index (Phi) is 4.02. The molecule has 2 fully saturated rings. The van der Waals surface area contributed by atoms with E-state index in [0.29, 0.717) is 24.7 Å². The van der Waals surface area contributed by atoms with E-state index in [0.717, 1.165) is 25.7 Å². The van der Waals surface area contributed by atoms with Crippen molar-refractivity contribution in [1.82, 2.24) is 10.6 Å². The van der Waals surface area contributed by atoms with E-state index in [9.17, 15) is 14.7 Å². The lowest BCUT2D eigenvalue weighted by Gasteiger charge is -2.36. The summed E-state index contributed by atoms with van der Waals surface area (Å²) in [7, 11) is 0. The van der Waals surface area contributed by atoms with Crippen LogP contribution in [-0.2, 0) is 4.79 Å². The van der Waals surface area contributed by atoms with Crippen LogP contribution in [0.5, 0.6) is 0 Å². The zero-order chi connectivity index (χ0) is 14.0. The lowest BCUT2D eigenvalue weighted by Crippen LogP contribution is -2.58. The molecule has 2 unspecified atom stereocenters. The number of hydrogen-bond donors (Lipinski definition) is 3.